The van der Waals surface area contributed by atoms with Crippen molar-refractivity contribution in [3.05, 3.63) is 23.9 Å². The highest BCUT2D eigenvalue weighted by atomic mass is 16.5. The van der Waals surface area contributed by atoms with Gasteiger partial charge in [-0.25, -0.2) is 4.98 Å². The summed E-state index contributed by atoms with van der Waals surface area (Å²) >= 11 is 0. The molecule has 0 atom stereocenters. The number of oxime groups is 1. The molecule has 1 heterocycles. The molecule has 94 valence electrons. The van der Waals surface area contributed by atoms with E-state index in [0.717, 1.165) is 6.42 Å². The number of nitrogens with two attached hydrogens (primary N) is 1. The Morgan fingerprint density at radius 1 is 1.47 bits per heavy atom. The second-order valence-electron chi connectivity index (χ2n) is 5.03. The summed E-state index contributed by atoms with van der Waals surface area (Å²) in [4.78, 5) is 4.07. The van der Waals surface area contributed by atoms with E-state index in [9.17, 15) is 0 Å². The van der Waals surface area contributed by atoms with Crippen molar-refractivity contribution in [2.75, 3.05) is 6.61 Å². The van der Waals surface area contributed by atoms with Crippen LogP contribution in [0.1, 0.15) is 32.8 Å². The summed E-state index contributed by atoms with van der Waals surface area (Å²) in [7, 11) is 0. The first-order chi connectivity index (χ1) is 7.92. The molecule has 0 saturated heterocycles. The lowest BCUT2D eigenvalue weighted by atomic mass is 9.93. The first kappa shape index (κ1) is 13.3. The minimum atomic E-state index is 0.0405. The predicted molar refractivity (Wildman–Crippen MR) is 66.3 cm³/mol. The van der Waals surface area contributed by atoms with Crippen molar-refractivity contribution in [3.8, 4) is 5.88 Å². The number of hydrogen-bond donors (Lipinski definition) is 2. The van der Waals surface area contributed by atoms with E-state index < -0.39 is 0 Å². The molecule has 0 spiro atoms. The van der Waals surface area contributed by atoms with Gasteiger partial charge in [-0.3, -0.25) is 0 Å². The molecule has 1 aromatic heterocycles. The highest BCUT2D eigenvalue weighted by Crippen LogP contribution is 2.18. The molecule has 5 nitrogen and oxygen atoms in total. The third-order valence-electron chi connectivity index (χ3n) is 2.24. The Labute approximate surface area is 101 Å². The molecule has 1 aromatic rings. The van der Waals surface area contributed by atoms with Crippen molar-refractivity contribution in [1.29, 1.82) is 0 Å². The summed E-state index contributed by atoms with van der Waals surface area (Å²) in [5.74, 6) is 0.586. The highest BCUT2D eigenvalue weighted by molar-refractivity contribution is 5.96. The number of nitrogens with zero attached hydrogens (tertiary/aromatic N) is 2. The normalized spacial score (nSPS) is 12.5. The molecule has 0 aliphatic rings. The lowest BCUT2D eigenvalue weighted by molar-refractivity contribution is 0.236. The minimum absolute atomic E-state index is 0.0405. The fraction of sp³-hybridized carbons (Fsp3) is 0.500. The molecule has 17 heavy (non-hydrogen) atoms. The molecule has 0 saturated carbocycles. The summed E-state index contributed by atoms with van der Waals surface area (Å²) < 4.78 is 5.50. The summed E-state index contributed by atoms with van der Waals surface area (Å²) in [5.41, 5.74) is 6.23. The Balaban J connectivity index is 2.52. The van der Waals surface area contributed by atoms with E-state index in [4.69, 9.17) is 15.7 Å². The molecule has 5 heteroatoms. The van der Waals surface area contributed by atoms with Gasteiger partial charge in [-0.2, -0.15) is 0 Å². The maximum absolute atomic E-state index is 8.49. The first-order valence-electron chi connectivity index (χ1n) is 5.49. The molecule has 0 bridgehead atoms. The second-order valence-corrected chi connectivity index (χ2v) is 5.03. The van der Waals surface area contributed by atoms with Crippen LogP contribution in [-0.2, 0) is 0 Å². The molecular weight excluding hydrogens is 218 g/mol. The van der Waals surface area contributed by atoms with Gasteiger partial charge < -0.3 is 15.7 Å². The van der Waals surface area contributed by atoms with E-state index in [1.165, 1.54) is 6.20 Å². The summed E-state index contributed by atoms with van der Waals surface area (Å²) in [6.07, 6.45) is 2.47. The molecular formula is C12H19N3O2. The SMILES string of the molecule is CC(C)(C)CCOc1ccc(C(N)=NO)cn1. The van der Waals surface area contributed by atoms with Crippen LogP contribution in [0.2, 0.25) is 0 Å². The molecule has 3 N–H and O–H groups in total. The number of amidine groups is 1. The zero-order valence-electron chi connectivity index (χ0n) is 10.5. The van der Waals surface area contributed by atoms with Crippen LogP contribution < -0.4 is 10.5 Å². The van der Waals surface area contributed by atoms with Gasteiger partial charge in [0.25, 0.3) is 0 Å². The monoisotopic (exact) mass is 237 g/mol. The third-order valence-corrected chi connectivity index (χ3v) is 2.24. The van der Waals surface area contributed by atoms with E-state index in [0.29, 0.717) is 18.1 Å². The highest BCUT2D eigenvalue weighted by Gasteiger charge is 2.10. The standard InChI is InChI=1S/C12H19N3O2/c1-12(2,3)6-7-17-10-5-4-9(8-14-10)11(13)15-16/h4-5,8,16H,6-7H2,1-3H3,(H2,13,15). The quantitative estimate of drug-likeness (QED) is 0.363. The molecule has 0 radical (unpaired) electrons. The minimum Gasteiger partial charge on any atom is -0.478 e. The Bertz CT molecular complexity index is 380. The maximum Gasteiger partial charge on any atom is 0.213 e. The molecule has 0 aromatic carbocycles. The van der Waals surface area contributed by atoms with E-state index >= 15 is 0 Å². The maximum atomic E-state index is 8.49. The lowest BCUT2D eigenvalue weighted by Crippen LogP contribution is -2.14. The van der Waals surface area contributed by atoms with E-state index in [2.05, 4.69) is 30.9 Å². The van der Waals surface area contributed by atoms with Gasteiger partial charge in [0.2, 0.25) is 5.88 Å². The van der Waals surface area contributed by atoms with Crippen LogP contribution in [0.5, 0.6) is 5.88 Å². The average Bonchev–Trinajstić information content (AvgIpc) is 2.27. The predicted octanol–water partition coefficient (Wildman–Crippen LogP) is 1.99. The van der Waals surface area contributed by atoms with E-state index in [1.807, 2.05) is 0 Å². The molecule has 0 amide bonds. The van der Waals surface area contributed by atoms with Crippen molar-refractivity contribution in [2.45, 2.75) is 27.2 Å². The molecule has 0 unspecified atom stereocenters. The van der Waals surface area contributed by atoms with Crippen LogP contribution in [0.15, 0.2) is 23.5 Å². The number of rotatable bonds is 4. The summed E-state index contributed by atoms with van der Waals surface area (Å²) in [6, 6.07) is 3.41. The Hall–Kier alpha value is -1.78. The Kier molecular flexibility index (Phi) is 4.31. The van der Waals surface area contributed by atoms with Crippen LogP contribution in [-0.4, -0.2) is 22.6 Å². The summed E-state index contributed by atoms with van der Waals surface area (Å²) in [6.45, 7) is 7.10. The molecule has 0 aliphatic heterocycles. The van der Waals surface area contributed by atoms with E-state index in [-0.39, 0.29) is 11.3 Å². The van der Waals surface area contributed by atoms with Gasteiger partial charge in [-0.15, -0.1) is 0 Å². The molecule has 0 aliphatic carbocycles. The largest absolute Gasteiger partial charge is 0.478 e. The number of pyridine rings is 1. The van der Waals surface area contributed by atoms with Crippen LogP contribution in [0.4, 0.5) is 0 Å². The fourth-order valence-corrected chi connectivity index (χ4v) is 1.14. The van der Waals surface area contributed by atoms with Crippen LogP contribution >= 0.6 is 0 Å². The smallest absolute Gasteiger partial charge is 0.213 e. The fourth-order valence-electron chi connectivity index (χ4n) is 1.14. The number of ether oxygens (including phenoxy) is 1. The van der Waals surface area contributed by atoms with Gasteiger partial charge >= 0.3 is 0 Å². The molecule has 1 rings (SSSR count). The van der Waals surface area contributed by atoms with Crippen LogP contribution in [0.3, 0.4) is 0 Å². The van der Waals surface area contributed by atoms with Crippen molar-refractivity contribution in [2.24, 2.45) is 16.3 Å². The first-order valence-corrected chi connectivity index (χ1v) is 5.49. The second kappa shape index (κ2) is 5.52. The topological polar surface area (TPSA) is 80.7 Å². The number of aromatic nitrogens is 1. The van der Waals surface area contributed by atoms with Gasteiger partial charge in [-0.05, 0) is 17.9 Å². The lowest BCUT2D eigenvalue weighted by Gasteiger charge is -2.17. The van der Waals surface area contributed by atoms with Gasteiger partial charge in [0, 0.05) is 17.8 Å². The van der Waals surface area contributed by atoms with Crippen LogP contribution in [0, 0.1) is 5.41 Å². The van der Waals surface area contributed by atoms with Crippen molar-refractivity contribution < 1.29 is 9.94 Å². The average molecular weight is 237 g/mol. The van der Waals surface area contributed by atoms with E-state index in [1.54, 1.807) is 12.1 Å². The molecule has 0 fully saturated rings. The van der Waals surface area contributed by atoms with Gasteiger partial charge in [-0.1, -0.05) is 25.9 Å². The Morgan fingerprint density at radius 2 is 2.18 bits per heavy atom. The van der Waals surface area contributed by atoms with Crippen LogP contribution in [0.25, 0.3) is 0 Å². The zero-order valence-corrected chi connectivity index (χ0v) is 10.5. The third kappa shape index (κ3) is 4.72. The summed E-state index contributed by atoms with van der Waals surface area (Å²) in [5, 5.41) is 11.4. The van der Waals surface area contributed by atoms with Gasteiger partial charge in [0.05, 0.1) is 6.61 Å². The van der Waals surface area contributed by atoms with Crippen molar-refractivity contribution in [1.82, 2.24) is 4.98 Å². The van der Waals surface area contributed by atoms with Crippen molar-refractivity contribution in [3.63, 3.8) is 0 Å². The zero-order chi connectivity index (χ0) is 12.9. The van der Waals surface area contributed by atoms with Gasteiger partial charge in [0.15, 0.2) is 5.84 Å². The number of hydrogen-bond acceptors (Lipinski definition) is 4. The van der Waals surface area contributed by atoms with Crippen molar-refractivity contribution >= 4 is 5.84 Å². The van der Waals surface area contributed by atoms with Gasteiger partial charge in [0.1, 0.15) is 0 Å². The Morgan fingerprint density at radius 3 is 2.65 bits per heavy atom.